The lowest BCUT2D eigenvalue weighted by Crippen LogP contribution is -2.39. The fourth-order valence-electron chi connectivity index (χ4n) is 3.85. The van der Waals surface area contributed by atoms with Crippen LogP contribution in [0.25, 0.3) is 0 Å². The summed E-state index contributed by atoms with van der Waals surface area (Å²) in [7, 11) is 0. The second kappa shape index (κ2) is 7.57. The van der Waals surface area contributed by atoms with E-state index in [1.54, 1.807) is 38.1 Å². The molecule has 4 rings (SSSR count). The van der Waals surface area contributed by atoms with E-state index < -0.39 is 29.7 Å². The molecule has 2 aliphatic rings. The number of benzene rings is 2. The van der Waals surface area contributed by atoms with Gasteiger partial charge in [-0.3, -0.25) is 14.6 Å². The van der Waals surface area contributed by atoms with E-state index in [2.05, 4.69) is 5.10 Å². The molecule has 0 N–H and O–H groups in total. The zero-order valence-corrected chi connectivity index (χ0v) is 17.5. The molecule has 0 aromatic heterocycles. The lowest BCUT2D eigenvalue weighted by molar-refractivity contribution is -0.136. The number of anilines is 2. The van der Waals surface area contributed by atoms with E-state index in [0.717, 1.165) is 10.5 Å². The second-order valence-corrected chi connectivity index (χ2v) is 7.61. The minimum Gasteiger partial charge on any atom is -0.461 e. The van der Waals surface area contributed by atoms with E-state index in [0.29, 0.717) is 22.0 Å². The van der Waals surface area contributed by atoms with Crippen LogP contribution in [0.3, 0.4) is 0 Å². The van der Waals surface area contributed by atoms with Crippen molar-refractivity contribution in [1.29, 1.82) is 0 Å². The Kier molecular flexibility index (Phi) is 5.07. The maximum absolute atomic E-state index is 13.5. The first-order chi connectivity index (χ1) is 14.3. The average molecular weight is 426 g/mol. The van der Waals surface area contributed by atoms with Gasteiger partial charge in [0.1, 0.15) is 12.0 Å². The van der Waals surface area contributed by atoms with Gasteiger partial charge in [0, 0.05) is 5.02 Å². The first-order valence-electron chi connectivity index (χ1n) is 9.59. The summed E-state index contributed by atoms with van der Waals surface area (Å²) >= 11 is 6.21. The Hall–Kier alpha value is -3.19. The van der Waals surface area contributed by atoms with Crippen molar-refractivity contribution in [1.82, 2.24) is 0 Å². The number of carbonyl (C=O) groups is 3. The molecule has 0 bridgehead atoms. The number of halogens is 1. The summed E-state index contributed by atoms with van der Waals surface area (Å²) in [6, 6.07) is 11.4. The van der Waals surface area contributed by atoms with Crippen molar-refractivity contribution in [2.24, 2.45) is 11.0 Å². The summed E-state index contributed by atoms with van der Waals surface area (Å²) in [5.41, 5.74) is 2.53. The van der Waals surface area contributed by atoms with Gasteiger partial charge >= 0.3 is 5.97 Å². The molecule has 0 aliphatic carbocycles. The lowest BCUT2D eigenvalue weighted by atomic mass is 9.97. The number of hydrazone groups is 1. The number of ether oxygens (including phenoxy) is 1. The highest BCUT2D eigenvalue weighted by molar-refractivity contribution is 6.47. The standard InChI is InChI=1S/C22H20ClN3O4/c1-4-30-22(29)18-17-19(26(24-18)14-8-5-7-12(2)11-14)21(28)25(20(17)27)16-10-6-9-15(23)13(16)3/h5-11,17,19H,4H2,1-3H3/t17-,19+/m1/s1. The van der Waals surface area contributed by atoms with Crippen molar-refractivity contribution < 1.29 is 19.1 Å². The Balaban J connectivity index is 1.83. The lowest BCUT2D eigenvalue weighted by Gasteiger charge is -2.23. The van der Waals surface area contributed by atoms with Crippen molar-refractivity contribution in [3.05, 3.63) is 58.6 Å². The first kappa shape index (κ1) is 20.1. The molecule has 8 heteroatoms. The maximum atomic E-state index is 13.5. The van der Waals surface area contributed by atoms with Crippen molar-refractivity contribution in [2.75, 3.05) is 16.5 Å². The van der Waals surface area contributed by atoms with Crippen LogP contribution in [0.4, 0.5) is 11.4 Å². The Labute approximate surface area is 178 Å². The first-order valence-corrected chi connectivity index (χ1v) is 9.97. The summed E-state index contributed by atoms with van der Waals surface area (Å²) in [5, 5.41) is 6.25. The average Bonchev–Trinajstić information content (AvgIpc) is 3.22. The fraction of sp³-hybridized carbons (Fsp3) is 0.273. The van der Waals surface area contributed by atoms with E-state index in [-0.39, 0.29) is 12.3 Å². The van der Waals surface area contributed by atoms with E-state index >= 15 is 0 Å². The molecule has 7 nitrogen and oxygen atoms in total. The van der Waals surface area contributed by atoms with Crippen LogP contribution in [-0.4, -0.2) is 36.1 Å². The topological polar surface area (TPSA) is 79.3 Å². The van der Waals surface area contributed by atoms with E-state index in [1.807, 2.05) is 25.1 Å². The van der Waals surface area contributed by atoms with Crippen molar-refractivity contribution in [3.8, 4) is 0 Å². The molecule has 2 aromatic carbocycles. The van der Waals surface area contributed by atoms with Crippen molar-refractivity contribution >= 4 is 46.5 Å². The number of aryl methyl sites for hydroxylation is 1. The van der Waals surface area contributed by atoms with Crippen LogP contribution < -0.4 is 9.91 Å². The second-order valence-electron chi connectivity index (χ2n) is 7.21. The fourth-order valence-corrected chi connectivity index (χ4v) is 4.02. The van der Waals surface area contributed by atoms with Gasteiger partial charge in [0.25, 0.3) is 5.91 Å². The molecule has 0 radical (unpaired) electrons. The van der Waals surface area contributed by atoms with Gasteiger partial charge in [0.15, 0.2) is 5.71 Å². The maximum Gasteiger partial charge on any atom is 0.355 e. The highest BCUT2D eigenvalue weighted by Crippen LogP contribution is 2.39. The van der Waals surface area contributed by atoms with Gasteiger partial charge in [-0.25, -0.2) is 9.69 Å². The van der Waals surface area contributed by atoms with Gasteiger partial charge < -0.3 is 4.74 Å². The number of hydrogen-bond donors (Lipinski definition) is 0. The van der Waals surface area contributed by atoms with Crippen LogP contribution in [-0.2, 0) is 19.1 Å². The summed E-state index contributed by atoms with van der Waals surface area (Å²) in [4.78, 5) is 40.5. The van der Waals surface area contributed by atoms with Gasteiger partial charge in [0.05, 0.1) is 18.0 Å². The number of imide groups is 1. The molecule has 0 saturated carbocycles. The zero-order chi connectivity index (χ0) is 21.6. The molecule has 154 valence electrons. The van der Waals surface area contributed by atoms with Crippen LogP contribution in [0.5, 0.6) is 0 Å². The van der Waals surface area contributed by atoms with Crippen LogP contribution in [0, 0.1) is 19.8 Å². The molecule has 0 spiro atoms. The zero-order valence-electron chi connectivity index (χ0n) is 16.8. The van der Waals surface area contributed by atoms with E-state index in [1.165, 1.54) is 5.01 Å². The van der Waals surface area contributed by atoms with Gasteiger partial charge in [-0.2, -0.15) is 5.10 Å². The molecular formula is C22H20ClN3O4. The Morgan fingerprint density at radius 1 is 1.13 bits per heavy atom. The number of amides is 2. The summed E-state index contributed by atoms with van der Waals surface area (Å²) < 4.78 is 5.11. The summed E-state index contributed by atoms with van der Waals surface area (Å²) in [5.74, 6) is -2.72. The quantitative estimate of drug-likeness (QED) is 0.555. The van der Waals surface area contributed by atoms with Gasteiger partial charge in [0.2, 0.25) is 5.91 Å². The third-order valence-corrected chi connectivity index (χ3v) is 5.69. The molecule has 0 unspecified atom stereocenters. The van der Waals surface area contributed by atoms with Crippen molar-refractivity contribution in [2.45, 2.75) is 26.8 Å². The van der Waals surface area contributed by atoms with Crippen LogP contribution in [0.15, 0.2) is 47.6 Å². The molecule has 2 heterocycles. The van der Waals surface area contributed by atoms with E-state index in [4.69, 9.17) is 16.3 Å². The number of esters is 1. The Morgan fingerprint density at radius 3 is 2.57 bits per heavy atom. The normalized spacial score (nSPS) is 20.5. The van der Waals surface area contributed by atoms with Crippen LogP contribution in [0.2, 0.25) is 5.02 Å². The molecule has 1 fully saturated rings. The molecule has 30 heavy (non-hydrogen) atoms. The molecule has 2 atom stereocenters. The SMILES string of the molecule is CCOC(=O)C1=NN(c2cccc(C)c2)[C@@H]2C(=O)N(c3cccc(Cl)c3C)C(=O)[C@H]12. The number of rotatable bonds is 4. The van der Waals surface area contributed by atoms with Crippen LogP contribution >= 0.6 is 11.6 Å². The Morgan fingerprint density at radius 2 is 1.87 bits per heavy atom. The van der Waals surface area contributed by atoms with Crippen molar-refractivity contribution in [3.63, 3.8) is 0 Å². The highest BCUT2D eigenvalue weighted by atomic mass is 35.5. The number of carbonyl (C=O) groups excluding carboxylic acids is 3. The Bertz CT molecular complexity index is 1100. The molecule has 1 saturated heterocycles. The number of nitrogens with zero attached hydrogens (tertiary/aromatic N) is 3. The van der Waals surface area contributed by atoms with Crippen LogP contribution in [0.1, 0.15) is 18.1 Å². The predicted molar refractivity (Wildman–Crippen MR) is 114 cm³/mol. The number of fused-ring (bicyclic) bond motifs is 1. The molecule has 2 aromatic rings. The minimum atomic E-state index is -1.05. The van der Waals surface area contributed by atoms with Gasteiger partial charge in [-0.05, 0) is 56.2 Å². The molecular weight excluding hydrogens is 406 g/mol. The molecule has 2 aliphatic heterocycles. The summed E-state index contributed by atoms with van der Waals surface area (Å²) in [6.07, 6.45) is 0. The van der Waals surface area contributed by atoms with Gasteiger partial charge in [-0.1, -0.05) is 29.8 Å². The smallest absolute Gasteiger partial charge is 0.355 e. The van der Waals surface area contributed by atoms with E-state index in [9.17, 15) is 14.4 Å². The highest BCUT2D eigenvalue weighted by Gasteiger charge is 2.59. The number of hydrogen-bond acceptors (Lipinski definition) is 6. The monoisotopic (exact) mass is 425 g/mol. The molecule has 2 amide bonds. The third kappa shape index (κ3) is 3.06. The third-order valence-electron chi connectivity index (χ3n) is 5.28. The summed E-state index contributed by atoms with van der Waals surface area (Å²) in [6.45, 7) is 5.46. The predicted octanol–water partition coefficient (Wildman–Crippen LogP) is 3.25. The largest absolute Gasteiger partial charge is 0.461 e. The van der Waals surface area contributed by atoms with Gasteiger partial charge in [-0.15, -0.1) is 0 Å². The minimum absolute atomic E-state index is 0.0658.